The summed E-state index contributed by atoms with van der Waals surface area (Å²) in [5, 5.41) is 2.52. The Bertz CT molecular complexity index is 118. The Morgan fingerprint density at radius 2 is 2.30 bits per heavy atom. The van der Waals surface area contributed by atoms with Gasteiger partial charge in [-0.3, -0.25) is 4.79 Å². The van der Waals surface area contributed by atoms with Crippen LogP contribution in [0, 0.1) is 0 Å². The number of allylic oxidation sites excluding steroid dienone is 1. The van der Waals surface area contributed by atoms with Crippen LogP contribution in [0.3, 0.4) is 0 Å². The number of carbonyl (C=O) groups excluding carboxylic acids is 1. The Hall–Kier alpha value is -0.790. The lowest BCUT2D eigenvalue weighted by molar-refractivity contribution is -0.116. The maximum absolute atomic E-state index is 10.6. The van der Waals surface area contributed by atoms with Crippen molar-refractivity contribution in [2.75, 3.05) is 7.05 Å². The fourth-order valence-corrected chi connectivity index (χ4v) is 0.596. The molecule has 0 aromatic carbocycles. The predicted octanol–water partition coefficient (Wildman–Crippen LogP) is 1.48. The summed E-state index contributed by atoms with van der Waals surface area (Å²) in [4.78, 5) is 10.6. The molecule has 2 nitrogen and oxygen atoms in total. The highest BCUT2D eigenvalue weighted by Crippen LogP contribution is 1.93. The number of nitrogens with one attached hydrogen (secondary N) is 1. The average Bonchev–Trinajstić information content (AvgIpc) is 1.98. The predicted molar refractivity (Wildman–Crippen MR) is 42.7 cm³/mol. The average molecular weight is 141 g/mol. The van der Waals surface area contributed by atoms with Gasteiger partial charge in [0.15, 0.2) is 0 Å². The van der Waals surface area contributed by atoms with Crippen molar-refractivity contribution in [3.8, 4) is 0 Å². The standard InChI is InChI=1S/C8H15NO/c1-3-4-5-6-7-8(10)9-2/h6-7H,3-5H2,1-2H3,(H,9,10)/b7-6+. The Morgan fingerprint density at radius 1 is 1.60 bits per heavy atom. The molecule has 0 aromatic heterocycles. The van der Waals surface area contributed by atoms with Gasteiger partial charge in [0.05, 0.1) is 0 Å². The van der Waals surface area contributed by atoms with Crippen molar-refractivity contribution >= 4 is 5.91 Å². The van der Waals surface area contributed by atoms with Crippen molar-refractivity contribution in [1.29, 1.82) is 0 Å². The van der Waals surface area contributed by atoms with E-state index in [-0.39, 0.29) is 5.91 Å². The minimum atomic E-state index is -0.0175. The van der Waals surface area contributed by atoms with E-state index in [1.807, 2.05) is 6.08 Å². The van der Waals surface area contributed by atoms with Crippen LogP contribution in [0.25, 0.3) is 0 Å². The first-order chi connectivity index (χ1) is 4.81. The topological polar surface area (TPSA) is 29.1 Å². The number of likely N-dealkylation sites (N-methyl/N-ethyl adjacent to an activating group) is 1. The molecule has 10 heavy (non-hydrogen) atoms. The minimum absolute atomic E-state index is 0.0175. The van der Waals surface area contributed by atoms with Crippen molar-refractivity contribution in [2.24, 2.45) is 0 Å². The molecule has 0 spiro atoms. The highest BCUT2D eigenvalue weighted by molar-refractivity contribution is 5.87. The van der Waals surface area contributed by atoms with Crippen LogP contribution >= 0.6 is 0 Å². The molecule has 0 saturated carbocycles. The zero-order valence-corrected chi connectivity index (χ0v) is 6.68. The molecule has 58 valence electrons. The van der Waals surface area contributed by atoms with E-state index in [9.17, 15) is 4.79 Å². The molecule has 1 amide bonds. The van der Waals surface area contributed by atoms with E-state index < -0.39 is 0 Å². The second kappa shape index (κ2) is 6.33. The van der Waals surface area contributed by atoms with Crippen LogP contribution in [-0.4, -0.2) is 13.0 Å². The molecule has 0 saturated heterocycles. The molecule has 0 aliphatic heterocycles. The van der Waals surface area contributed by atoms with Gasteiger partial charge in [-0.15, -0.1) is 0 Å². The van der Waals surface area contributed by atoms with Gasteiger partial charge in [-0.1, -0.05) is 25.8 Å². The molecule has 0 rings (SSSR count). The Morgan fingerprint density at radius 3 is 2.80 bits per heavy atom. The van der Waals surface area contributed by atoms with Crippen LogP contribution in [0.4, 0.5) is 0 Å². The first kappa shape index (κ1) is 9.21. The summed E-state index contributed by atoms with van der Waals surface area (Å²) >= 11 is 0. The van der Waals surface area contributed by atoms with Gasteiger partial charge in [0.25, 0.3) is 0 Å². The summed E-state index contributed by atoms with van der Waals surface area (Å²) in [5.74, 6) is -0.0175. The van der Waals surface area contributed by atoms with Crippen molar-refractivity contribution in [3.05, 3.63) is 12.2 Å². The number of amides is 1. The van der Waals surface area contributed by atoms with Crippen molar-refractivity contribution in [3.63, 3.8) is 0 Å². The summed E-state index contributed by atoms with van der Waals surface area (Å²) in [6, 6.07) is 0. The van der Waals surface area contributed by atoms with Gasteiger partial charge in [-0.25, -0.2) is 0 Å². The summed E-state index contributed by atoms with van der Waals surface area (Å²) < 4.78 is 0. The molecule has 0 aliphatic carbocycles. The normalized spacial score (nSPS) is 10.2. The lowest BCUT2D eigenvalue weighted by atomic mass is 10.2. The van der Waals surface area contributed by atoms with E-state index in [1.165, 1.54) is 6.42 Å². The van der Waals surface area contributed by atoms with Gasteiger partial charge >= 0.3 is 0 Å². The van der Waals surface area contributed by atoms with E-state index in [0.29, 0.717) is 0 Å². The van der Waals surface area contributed by atoms with E-state index in [1.54, 1.807) is 13.1 Å². The van der Waals surface area contributed by atoms with Gasteiger partial charge in [-0.2, -0.15) is 0 Å². The largest absolute Gasteiger partial charge is 0.356 e. The molecule has 0 heterocycles. The molecule has 0 radical (unpaired) electrons. The van der Waals surface area contributed by atoms with E-state index in [2.05, 4.69) is 12.2 Å². The van der Waals surface area contributed by atoms with Crippen molar-refractivity contribution in [2.45, 2.75) is 26.2 Å². The third kappa shape index (κ3) is 5.35. The summed E-state index contributed by atoms with van der Waals surface area (Å²) in [6.07, 6.45) is 6.83. The van der Waals surface area contributed by atoms with Crippen LogP contribution in [0.2, 0.25) is 0 Å². The molecular weight excluding hydrogens is 126 g/mol. The molecule has 0 unspecified atom stereocenters. The fraction of sp³-hybridized carbons (Fsp3) is 0.625. The van der Waals surface area contributed by atoms with Crippen LogP contribution in [0.1, 0.15) is 26.2 Å². The molecule has 0 bridgehead atoms. The zero-order chi connectivity index (χ0) is 7.82. The van der Waals surface area contributed by atoms with Gasteiger partial charge in [-0.05, 0) is 12.5 Å². The second-order valence-electron chi connectivity index (χ2n) is 2.16. The van der Waals surface area contributed by atoms with Gasteiger partial charge < -0.3 is 5.32 Å². The smallest absolute Gasteiger partial charge is 0.243 e. The third-order valence-electron chi connectivity index (χ3n) is 1.24. The molecule has 0 atom stereocenters. The monoisotopic (exact) mass is 141 g/mol. The number of carbonyl (C=O) groups is 1. The lowest BCUT2D eigenvalue weighted by Gasteiger charge is -1.89. The number of rotatable bonds is 4. The summed E-state index contributed by atoms with van der Waals surface area (Å²) in [7, 11) is 1.63. The lowest BCUT2D eigenvalue weighted by Crippen LogP contribution is -2.13. The van der Waals surface area contributed by atoms with Gasteiger partial charge in [0, 0.05) is 7.05 Å². The molecule has 1 N–H and O–H groups in total. The highest BCUT2D eigenvalue weighted by Gasteiger charge is 1.85. The Labute approximate surface area is 62.3 Å². The Balaban J connectivity index is 3.27. The quantitative estimate of drug-likeness (QED) is 0.466. The molecule has 2 heteroatoms. The zero-order valence-electron chi connectivity index (χ0n) is 6.68. The van der Waals surface area contributed by atoms with E-state index in [0.717, 1.165) is 12.8 Å². The first-order valence-electron chi connectivity index (χ1n) is 3.69. The van der Waals surface area contributed by atoms with Crippen molar-refractivity contribution < 1.29 is 4.79 Å². The van der Waals surface area contributed by atoms with Crippen LogP contribution < -0.4 is 5.32 Å². The molecule has 0 fully saturated rings. The number of hydrogen-bond acceptors (Lipinski definition) is 1. The maximum Gasteiger partial charge on any atom is 0.243 e. The Kier molecular flexibility index (Phi) is 5.83. The van der Waals surface area contributed by atoms with Gasteiger partial charge in [0.2, 0.25) is 5.91 Å². The van der Waals surface area contributed by atoms with E-state index in [4.69, 9.17) is 0 Å². The van der Waals surface area contributed by atoms with Crippen LogP contribution in [-0.2, 0) is 4.79 Å². The molecule has 0 aromatic rings. The summed E-state index contributed by atoms with van der Waals surface area (Å²) in [5.41, 5.74) is 0. The number of hydrogen-bond donors (Lipinski definition) is 1. The first-order valence-corrected chi connectivity index (χ1v) is 3.69. The summed E-state index contributed by atoms with van der Waals surface area (Å²) in [6.45, 7) is 2.13. The van der Waals surface area contributed by atoms with Crippen molar-refractivity contribution in [1.82, 2.24) is 5.32 Å². The maximum atomic E-state index is 10.6. The third-order valence-corrected chi connectivity index (χ3v) is 1.24. The fourth-order valence-electron chi connectivity index (χ4n) is 0.596. The van der Waals surface area contributed by atoms with Crippen LogP contribution in [0.15, 0.2) is 12.2 Å². The minimum Gasteiger partial charge on any atom is -0.356 e. The molecular formula is C8H15NO. The van der Waals surface area contributed by atoms with Crippen LogP contribution in [0.5, 0.6) is 0 Å². The SMILES string of the molecule is CCCC/C=C/C(=O)NC. The highest BCUT2D eigenvalue weighted by atomic mass is 16.1. The second-order valence-corrected chi connectivity index (χ2v) is 2.16. The molecule has 0 aliphatic rings. The van der Waals surface area contributed by atoms with E-state index >= 15 is 0 Å². The number of unbranched alkanes of at least 4 members (excludes halogenated alkanes) is 2. The van der Waals surface area contributed by atoms with Gasteiger partial charge in [0.1, 0.15) is 0 Å².